The number of amides is 2. The van der Waals surface area contributed by atoms with Crippen LogP contribution in [0, 0.1) is 0 Å². The molecule has 1 aliphatic carbocycles. The fraction of sp³-hybridized carbons (Fsp3) is 0.462. The maximum Gasteiger partial charge on any atom is 0.242 e. The molecule has 2 aromatic carbocycles. The number of hydrogen-bond donors (Lipinski definition) is 1. The zero-order chi connectivity index (χ0) is 24.5. The average molecular weight is 524 g/mol. The number of carbonyl (C=O) groups excluding carboxylic acids is 2. The van der Waals surface area contributed by atoms with Gasteiger partial charge in [0.2, 0.25) is 11.8 Å². The molecule has 1 fully saturated rings. The number of ether oxygens (including phenoxy) is 1. The van der Waals surface area contributed by atoms with Crippen molar-refractivity contribution in [2.75, 3.05) is 12.9 Å². The molecule has 0 aliphatic heterocycles. The summed E-state index contributed by atoms with van der Waals surface area (Å²) < 4.78 is 5.33. The Kier molecular flexibility index (Phi) is 10.4. The van der Waals surface area contributed by atoms with Crippen molar-refractivity contribution in [3.63, 3.8) is 0 Å². The van der Waals surface area contributed by atoms with Gasteiger partial charge in [-0.05, 0) is 55.2 Å². The zero-order valence-electron chi connectivity index (χ0n) is 19.7. The first-order valence-corrected chi connectivity index (χ1v) is 13.5. The Hall–Kier alpha value is -1.89. The highest BCUT2D eigenvalue weighted by atomic mass is 35.5. The highest BCUT2D eigenvalue weighted by Crippen LogP contribution is 2.28. The molecule has 1 unspecified atom stereocenters. The van der Waals surface area contributed by atoms with Crippen molar-refractivity contribution in [2.45, 2.75) is 63.4 Å². The van der Waals surface area contributed by atoms with Crippen molar-refractivity contribution in [3.05, 3.63) is 63.6 Å². The maximum atomic E-state index is 13.3. The second-order valence-corrected chi connectivity index (χ2v) is 10.4. The number of nitrogens with zero attached hydrogens (tertiary/aromatic N) is 1. The molecule has 0 bridgehead atoms. The molecule has 0 spiro atoms. The van der Waals surface area contributed by atoms with Crippen LogP contribution >= 0.6 is 35.0 Å². The molecule has 0 heterocycles. The van der Waals surface area contributed by atoms with Gasteiger partial charge in [-0.1, -0.05) is 60.7 Å². The van der Waals surface area contributed by atoms with Crippen LogP contribution in [0.3, 0.4) is 0 Å². The van der Waals surface area contributed by atoms with E-state index in [2.05, 4.69) is 5.32 Å². The van der Waals surface area contributed by atoms with Gasteiger partial charge in [-0.2, -0.15) is 0 Å². The van der Waals surface area contributed by atoms with Gasteiger partial charge in [0.1, 0.15) is 11.8 Å². The molecule has 0 aromatic heterocycles. The van der Waals surface area contributed by atoms with Crippen LogP contribution in [0.5, 0.6) is 5.75 Å². The Morgan fingerprint density at radius 1 is 1.12 bits per heavy atom. The van der Waals surface area contributed by atoms with Crippen molar-refractivity contribution < 1.29 is 14.3 Å². The van der Waals surface area contributed by atoms with E-state index in [1.165, 1.54) is 18.2 Å². The first kappa shape index (κ1) is 26.7. The molecule has 184 valence electrons. The van der Waals surface area contributed by atoms with E-state index in [0.29, 0.717) is 28.1 Å². The van der Waals surface area contributed by atoms with E-state index in [1.54, 1.807) is 37.1 Å². The van der Waals surface area contributed by atoms with Crippen LogP contribution in [0.1, 0.15) is 50.2 Å². The van der Waals surface area contributed by atoms with Crippen molar-refractivity contribution in [3.8, 4) is 5.75 Å². The lowest BCUT2D eigenvalue weighted by Gasteiger charge is -2.31. The molecule has 34 heavy (non-hydrogen) atoms. The largest absolute Gasteiger partial charge is 0.497 e. The molecule has 8 heteroatoms. The molecule has 2 amide bonds. The fourth-order valence-corrected chi connectivity index (χ4v) is 5.76. The van der Waals surface area contributed by atoms with E-state index in [9.17, 15) is 9.59 Å². The van der Waals surface area contributed by atoms with Crippen molar-refractivity contribution >= 4 is 46.8 Å². The Labute approximate surface area is 216 Å². The number of benzene rings is 2. The molecule has 1 atom stereocenters. The lowest BCUT2D eigenvalue weighted by molar-refractivity contribution is -0.139. The van der Waals surface area contributed by atoms with E-state index in [1.807, 2.05) is 24.3 Å². The van der Waals surface area contributed by atoms with Crippen LogP contribution in [-0.2, 0) is 21.9 Å². The Bertz CT molecular complexity index is 962. The summed E-state index contributed by atoms with van der Waals surface area (Å²) in [5.74, 6) is 1.23. The summed E-state index contributed by atoms with van der Waals surface area (Å²) in [4.78, 5) is 28.1. The Balaban J connectivity index is 1.70. The van der Waals surface area contributed by atoms with E-state index < -0.39 is 6.04 Å². The van der Waals surface area contributed by atoms with E-state index in [-0.39, 0.29) is 23.6 Å². The second-order valence-electron chi connectivity index (χ2n) is 8.59. The van der Waals surface area contributed by atoms with Gasteiger partial charge in [-0.3, -0.25) is 9.59 Å². The predicted molar refractivity (Wildman–Crippen MR) is 141 cm³/mol. The number of thioether (sulfide) groups is 1. The first-order valence-electron chi connectivity index (χ1n) is 11.6. The molecule has 5 nitrogen and oxygen atoms in total. The topological polar surface area (TPSA) is 58.6 Å². The minimum Gasteiger partial charge on any atom is -0.497 e. The summed E-state index contributed by atoms with van der Waals surface area (Å²) in [5.41, 5.74) is 1.72. The predicted octanol–water partition coefficient (Wildman–Crippen LogP) is 6.10. The number of nitrogens with one attached hydrogen (secondary N) is 1. The lowest BCUT2D eigenvalue weighted by Crippen LogP contribution is -2.50. The third kappa shape index (κ3) is 7.56. The van der Waals surface area contributed by atoms with Crippen molar-refractivity contribution in [1.82, 2.24) is 10.2 Å². The number of carbonyl (C=O) groups is 2. The summed E-state index contributed by atoms with van der Waals surface area (Å²) in [5, 5.41) is 4.33. The van der Waals surface area contributed by atoms with Crippen LogP contribution in [0.15, 0.2) is 42.5 Å². The summed E-state index contributed by atoms with van der Waals surface area (Å²) in [6.07, 6.45) is 5.47. The number of methoxy groups -OCH3 is 1. The van der Waals surface area contributed by atoms with Crippen molar-refractivity contribution in [2.24, 2.45) is 0 Å². The zero-order valence-corrected chi connectivity index (χ0v) is 22.0. The van der Waals surface area contributed by atoms with E-state index >= 15 is 0 Å². The molecular weight excluding hydrogens is 491 g/mol. The van der Waals surface area contributed by atoms with Gasteiger partial charge in [0.05, 0.1) is 12.9 Å². The van der Waals surface area contributed by atoms with Crippen LogP contribution in [0.25, 0.3) is 0 Å². The SMILES string of the molecule is COc1cccc(CN(C(=O)CSCc2c(Cl)cccc2Cl)C(C)C(=O)NC2CCCCC2)c1. The van der Waals surface area contributed by atoms with Gasteiger partial charge >= 0.3 is 0 Å². The molecular formula is C26H32Cl2N2O3S. The number of rotatable bonds is 10. The quantitative estimate of drug-likeness (QED) is 0.409. The van der Waals surface area contributed by atoms with E-state index in [4.69, 9.17) is 27.9 Å². The normalized spacial score (nSPS) is 14.9. The van der Waals surface area contributed by atoms with Crippen molar-refractivity contribution in [1.29, 1.82) is 0 Å². The Morgan fingerprint density at radius 3 is 2.47 bits per heavy atom. The van der Waals surface area contributed by atoms with Crippen LogP contribution in [-0.4, -0.2) is 41.7 Å². The van der Waals surface area contributed by atoms with Crippen LogP contribution in [0.2, 0.25) is 10.0 Å². The summed E-state index contributed by atoms with van der Waals surface area (Å²) in [6, 6.07) is 12.5. The molecule has 3 rings (SSSR count). The van der Waals surface area contributed by atoms with Crippen LogP contribution < -0.4 is 10.1 Å². The van der Waals surface area contributed by atoms with Gasteiger partial charge in [0, 0.05) is 28.4 Å². The summed E-state index contributed by atoms with van der Waals surface area (Å²) in [6.45, 7) is 2.12. The van der Waals surface area contributed by atoms with Gasteiger partial charge in [-0.25, -0.2) is 0 Å². The summed E-state index contributed by atoms with van der Waals surface area (Å²) in [7, 11) is 1.61. The molecule has 1 saturated carbocycles. The molecule has 0 radical (unpaired) electrons. The molecule has 1 N–H and O–H groups in total. The molecule has 0 saturated heterocycles. The lowest BCUT2D eigenvalue weighted by atomic mass is 9.95. The Morgan fingerprint density at radius 2 is 1.79 bits per heavy atom. The molecule has 2 aromatic rings. The minimum absolute atomic E-state index is 0.109. The fourth-order valence-electron chi connectivity index (χ4n) is 4.11. The third-order valence-electron chi connectivity index (χ3n) is 6.14. The van der Waals surface area contributed by atoms with Gasteiger partial charge in [0.25, 0.3) is 0 Å². The second kappa shape index (κ2) is 13.3. The number of halogens is 2. The minimum atomic E-state index is -0.592. The highest BCUT2D eigenvalue weighted by molar-refractivity contribution is 7.99. The standard InChI is InChI=1S/C26H32Cl2N2O3S/c1-18(26(32)29-20-9-4-3-5-10-20)30(15-19-8-6-11-21(14-19)33-2)25(31)17-34-16-22-23(27)12-7-13-24(22)28/h6-8,11-14,18,20H,3-5,9-10,15-17H2,1-2H3,(H,29,32). The highest BCUT2D eigenvalue weighted by Gasteiger charge is 2.28. The smallest absolute Gasteiger partial charge is 0.242 e. The molecule has 1 aliphatic rings. The van der Waals surface area contributed by atoms with E-state index in [0.717, 1.165) is 36.8 Å². The first-order chi connectivity index (χ1) is 16.4. The third-order valence-corrected chi connectivity index (χ3v) is 7.79. The van der Waals surface area contributed by atoms with Gasteiger partial charge in [-0.15, -0.1) is 11.8 Å². The maximum absolute atomic E-state index is 13.3. The summed E-state index contributed by atoms with van der Waals surface area (Å²) >= 11 is 14.0. The van der Waals surface area contributed by atoms with Gasteiger partial charge in [0.15, 0.2) is 0 Å². The average Bonchev–Trinajstić information content (AvgIpc) is 2.84. The number of hydrogen-bond acceptors (Lipinski definition) is 4. The monoisotopic (exact) mass is 522 g/mol. The van der Waals surface area contributed by atoms with Crippen LogP contribution in [0.4, 0.5) is 0 Å². The van der Waals surface area contributed by atoms with Gasteiger partial charge < -0.3 is 15.0 Å².